The van der Waals surface area contributed by atoms with E-state index in [1.165, 1.54) is 7.11 Å². The summed E-state index contributed by atoms with van der Waals surface area (Å²) in [6.07, 6.45) is 5.66. The van der Waals surface area contributed by atoms with Crippen LogP contribution in [0.15, 0.2) is 29.1 Å². The Labute approximate surface area is 72.6 Å². The van der Waals surface area contributed by atoms with Gasteiger partial charge in [-0.15, -0.1) is 0 Å². The maximum Gasteiger partial charge on any atom is 0.106 e. The smallest absolute Gasteiger partial charge is 0.106 e. The van der Waals surface area contributed by atoms with Crippen LogP contribution in [-0.2, 0) is 4.84 Å². The molecule has 1 aliphatic rings. The van der Waals surface area contributed by atoms with Crippen molar-refractivity contribution in [3.05, 3.63) is 23.9 Å². The molecule has 0 amide bonds. The van der Waals surface area contributed by atoms with Gasteiger partial charge in [0.05, 0.1) is 5.71 Å². The summed E-state index contributed by atoms with van der Waals surface area (Å²) in [7, 11) is 1.53. The second-order valence-corrected chi connectivity index (χ2v) is 3.27. The summed E-state index contributed by atoms with van der Waals surface area (Å²) in [5.74, 6) is 0. The molecule has 0 bridgehead atoms. The summed E-state index contributed by atoms with van der Waals surface area (Å²) in [5, 5.41) is 3.90. The molecule has 66 valence electrons. The van der Waals surface area contributed by atoms with Gasteiger partial charge in [0.15, 0.2) is 0 Å². The monoisotopic (exact) mass is 166 g/mol. The first-order valence-electron chi connectivity index (χ1n) is 3.85. The Morgan fingerprint density at radius 2 is 2.17 bits per heavy atom. The molecule has 1 aliphatic carbocycles. The predicted octanol–water partition coefficient (Wildman–Crippen LogP) is 1.43. The van der Waals surface area contributed by atoms with Crippen molar-refractivity contribution in [3.63, 3.8) is 0 Å². The van der Waals surface area contributed by atoms with Crippen molar-refractivity contribution >= 4 is 5.71 Å². The Morgan fingerprint density at radius 3 is 2.75 bits per heavy atom. The number of hydrogen-bond acceptors (Lipinski definition) is 3. The minimum Gasteiger partial charge on any atom is -0.401 e. The van der Waals surface area contributed by atoms with Crippen LogP contribution in [0.4, 0.5) is 0 Å². The lowest BCUT2D eigenvalue weighted by Crippen LogP contribution is -2.31. The highest BCUT2D eigenvalue weighted by molar-refractivity contribution is 6.02. The van der Waals surface area contributed by atoms with Gasteiger partial charge in [0.25, 0.3) is 0 Å². The van der Waals surface area contributed by atoms with Crippen LogP contribution in [-0.4, -0.2) is 12.8 Å². The second-order valence-electron chi connectivity index (χ2n) is 3.27. The maximum absolute atomic E-state index is 5.81. The molecule has 3 nitrogen and oxygen atoms in total. The summed E-state index contributed by atoms with van der Waals surface area (Å²) in [5.41, 5.74) is 7.25. The lowest BCUT2D eigenvalue weighted by Gasteiger charge is -2.26. The van der Waals surface area contributed by atoms with E-state index >= 15 is 0 Å². The molecule has 1 rings (SSSR count). The second kappa shape index (κ2) is 3.01. The van der Waals surface area contributed by atoms with Crippen molar-refractivity contribution in [3.8, 4) is 0 Å². The Bertz CT molecular complexity index is 262. The Morgan fingerprint density at radius 1 is 1.50 bits per heavy atom. The van der Waals surface area contributed by atoms with Crippen LogP contribution < -0.4 is 5.73 Å². The molecular weight excluding hydrogens is 152 g/mol. The fourth-order valence-electron chi connectivity index (χ4n) is 1.05. The van der Waals surface area contributed by atoms with Gasteiger partial charge in [0.2, 0.25) is 0 Å². The first kappa shape index (κ1) is 8.84. The summed E-state index contributed by atoms with van der Waals surface area (Å²) >= 11 is 0. The first-order valence-corrected chi connectivity index (χ1v) is 3.85. The molecule has 0 saturated carbocycles. The van der Waals surface area contributed by atoms with Crippen LogP contribution in [0.2, 0.25) is 0 Å². The average molecular weight is 166 g/mol. The molecular formula is C9H14N2O. The molecule has 0 aromatic heterocycles. The molecule has 3 heteroatoms. The number of allylic oxidation sites excluding steroid dienone is 4. The van der Waals surface area contributed by atoms with Gasteiger partial charge >= 0.3 is 0 Å². The third-order valence-corrected chi connectivity index (χ3v) is 2.08. The Balaban J connectivity index is 3.01. The van der Waals surface area contributed by atoms with Crippen molar-refractivity contribution in [1.82, 2.24) is 0 Å². The molecule has 0 heterocycles. The number of rotatable bonds is 1. The minimum atomic E-state index is -0.218. The number of nitrogens with zero attached hydrogens (tertiary/aromatic N) is 1. The topological polar surface area (TPSA) is 47.6 Å². The zero-order valence-corrected chi connectivity index (χ0v) is 7.66. The highest BCUT2D eigenvalue weighted by Crippen LogP contribution is 2.28. The fourth-order valence-corrected chi connectivity index (χ4v) is 1.05. The molecule has 2 N–H and O–H groups in total. The van der Waals surface area contributed by atoms with Crippen LogP contribution in [0.25, 0.3) is 0 Å². The quantitative estimate of drug-likeness (QED) is 0.599. The van der Waals surface area contributed by atoms with E-state index in [1.807, 2.05) is 32.1 Å². The van der Waals surface area contributed by atoms with Gasteiger partial charge in [-0.1, -0.05) is 11.2 Å². The SMILES string of the molecule is CO/N=C1/C=CC=C(N)C1(C)C. The summed E-state index contributed by atoms with van der Waals surface area (Å²) in [6.45, 7) is 4.03. The highest BCUT2D eigenvalue weighted by Gasteiger charge is 2.28. The van der Waals surface area contributed by atoms with Crippen molar-refractivity contribution in [2.24, 2.45) is 16.3 Å². The van der Waals surface area contributed by atoms with E-state index in [2.05, 4.69) is 5.16 Å². The van der Waals surface area contributed by atoms with Crippen LogP contribution in [0.1, 0.15) is 13.8 Å². The molecule has 12 heavy (non-hydrogen) atoms. The number of nitrogens with two attached hydrogens (primary N) is 1. The van der Waals surface area contributed by atoms with Crippen LogP contribution >= 0.6 is 0 Å². The van der Waals surface area contributed by atoms with Crippen molar-refractivity contribution in [2.45, 2.75) is 13.8 Å². The van der Waals surface area contributed by atoms with Gasteiger partial charge < -0.3 is 10.6 Å². The van der Waals surface area contributed by atoms with Crippen molar-refractivity contribution < 1.29 is 4.84 Å². The van der Waals surface area contributed by atoms with E-state index in [4.69, 9.17) is 10.6 Å². The molecule has 0 aromatic carbocycles. The van der Waals surface area contributed by atoms with Gasteiger partial charge in [-0.2, -0.15) is 0 Å². The molecule has 0 aliphatic heterocycles. The van der Waals surface area contributed by atoms with E-state index in [0.717, 1.165) is 11.4 Å². The van der Waals surface area contributed by atoms with Gasteiger partial charge in [-0.25, -0.2) is 0 Å². The van der Waals surface area contributed by atoms with Crippen LogP contribution in [0, 0.1) is 5.41 Å². The van der Waals surface area contributed by atoms with E-state index in [-0.39, 0.29) is 5.41 Å². The van der Waals surface area contributed by atoms with Gasteiger partial charge in [-0.05, 0) is 26.0 Å². The standard InChI is InChI=1S/C9H14N2O/c1-9(2)7(10)5-4-6-8(9)11-12-3/h4-6H,10H2,1-3H3/b11-8-. The first-order chi connectivity index (χ1) is 5.59. The molecule has 0 saturated heterocycles. The molecule has 0 spiro atoms. The summed E-state index contributed by atoms with van der Waals surface area (Å²) in [6, 6.07) is 0. The normalized spacial score (nSPS) is 23.9. The van der Waals surface area contributed by atoms with Gasteiger partial charge in [0.1, 0.15) is 7.11 Å². The average Bonchev–Trinajstić information content (AvgIpc) is 2.00. The summed E-state index contributed by atoms with van der Waals surface area (Å²) < 4.78 is 0. The molecule has 0 radical (unpaired) electrons. The lowest BCUT2D eigenvalue weighted by atomic mass is 9.81. The van der Waals surface area contributed by atoms with E-state index in [0.29, 0.717) is 0 Å². The van der Waals surface area contributed by atoms with Crippen molar-refractivity contribution in [1.29, 1.82) is 0 Å². The Kier molecular flexibility index (Phi) is 2.22. The third kappa shape index (κ3) is 1.35. The predicted molar refractivity (Wildman–Crippen MR) is 49.6 cm³/mol. The van der Waals surface area contributed by atoms with Gasteiger partial charge in [0, 0.05) is 11.1 Å². The Hall–Kier alpha value is -1.25. The molecule has 0 aromatic rings. The fraction of sp³-hybridized carbons (Fsp3) is 0.444. The van der Waals surface area contributed by atoms with E-state index < -0.39 is 0 Å². The molecule has 0 fully saturated rings. The van der Waals surface area contributed by atoms with Gasteiger partial charge in [-0.3, -0.25) is 0 Å². The molecule has 0 atom stereocenters. The summed E-state index contributed by atoms with van der Waals surface area (Å²) in [4.78, 5) is 4.72. The zero-order chi connectivity index (χ0) is 9.19. The number of hydrogen-bond donors (Lipinski definition) is 1. The van der Waals surface area contributed by atoms with Crippen LogP contribution in [0.3, 0.4) is 0 Å². The lowest BCUT2D eigenvalue weighted by molar-refractivity contribution is 0.210. The molecule has 0 unspecified atom stereocenters. The van der Waals surface area contributed by atoms with E-state index in [1.54, 1.807) is 0 Å². The van der Waals surface area contributed by atoms with Crippen LogP contribution in [0.5, 0.6) is 0 Å². The maximum atomic E-state index is 5.81. The highest BCUT2D eigenvalue weighted by atomic mass is 16.6. The number of oxime groups is 1. The minimum absolute atomic E-state index is 0.218. The largest absolute Gasteiger partial charge is 0.401 e. The zero-order valence-electron chi connectivity index (χ0n) is 7.66. The van der Waals surface area contributed by atoms with Crippen molar-refractivity contribution in [2.75, 3.05) is 7.11 Å². The van der Waals surface area contributed by atoms with E-state index in [9.17, 15) is 0 Å². The third-order valence-electron chi connectivity index (χ3n) is 2.08.